The number of thioether (sulfide) groups is 1. The van der Waals surface area contributed by atoms with Crippen molar-refractivity contribution in [1.29, 1.82) is 0 Å². The minimum Gasteiger partial charge on any atom is -0.476 e. The number of hydrazine groups is 1. The molecule has 0 atom stereocenters. The van der Waals surface area contributed by atoms with Gasteiger partial charge in [-0.2, -0.15) is 0 Å². The molecule has 0 amide bonds. The number of carboxylic acids is 1. The Labute approximate surface area is 136 Å². The maximum Gasteiger partial charge on any atom is 0.356 e. The van der Waals surface area contributed by atoms with E-state index in [-0.39, 0.29) is 23.6 Å². The number of hydrogen-bond donors (Lipinski definition) is 4. The number of aliphatic carboxylic acids is 1. The fourth-order valence-corrected chi connectivity index (χ4v) is 3.01. The first-order valence-electron chi connectivity index (χ1n) is 6.93. The molecule has 0 aromatic heterocycles. The van der Waals surface area contributed by atoms with Gasteiger partial charge in [0.15, 0.2) is 5.70 Å². The van der Waals surface area contributed by atoms with Gasteiger partial charge in [0.25, 0.3) is 5.92 Å². The van der Waals surface area contributed by atoms with Crippen LogP contribution in [0.4, 0.5) is 14.5 Å². The zero-order valence-corrected chi connectivity index (χ0v) is 13.1. The predicted molar refractivity (Wildman–Crippen MR) is 84.9 cm³/mol. The van der Waals surface area contributed by atoms with Crippen LogP contribution in [0.1, 0.15) is 12.8 Å². The summed E-state index contributed by atoms with van der Waals surface area (Å²) in [6, 6.07) is 7.12. The number of halogens is 2. The van der Waals surface area contributed by atoms with Crippen molar-refractivity contribution < 1.29 is 18.7 Å². The van der Waals surface area contributed by atoms with Gasteiger partial charge < -0.3 is 21.2 Å². The number of alkyl halides is 2. The fourth-order valence-electron chi connectivity index (χ4n) is 2.23. The van der Waals surface area contributed by atoms with E-state index in [0.717, 1.165) is 22.3 Å². The number of benzene rings is 1. The Kier molecular flexibility index (Phi) is 5.32. The summed E-state index contributed by atoms with van der Waals surface area (Å²) in [5, 5.41) is 8.95. The average molecular weight is 344 g/mol. The van der Waals surface area contributed by atoms with Crippen LogP contribution in [-0.4, -0.2) is 30.1 Å². The molecule has 0 bridgehead atoms. The number of rotatable bonds is 5. The molecule has 9 heteroatoms. The molecule has 1 heterocycles. The molecule has 1 aliphatic heterocycles. The second-order valence-electron chi connectivity index (χ2n) is 5.13. The summed E-state index contributed by atoms with van der Waals surface area (Å²) >= 11 is 1.06. The summed E-state index contributed by atoms with van der Waals surface area (Å²) in [7, 11) is 0. The Bertz CT molecular complexity index is 597. The molecule has 0 spiro atoms. The molecular formula is C14H18F2N4O2S. The number of piperidine rings is 1. The van der Waals surface area contributed by atoms with Crippen molar-refractivity contribution in [2.45, 2.75) is 23.7 Å². The Morgan fingerprint density at radius 1 is 1.26 bits per heavy atom. The van der Waals surface area contributed by atoms with Gasteiger partial charge in [0, 0.05) is 36.5 Å². The molecule has 2 rings (SSSR count). The number of nitrogens with zero attached hydrogens (tertiary/aromatic N) is 1. The van der Waals surface area contributed by atoms with Crippen molar-refractivity contribution in [2.24, 2.45) is 11.6 Å². The van der Waals surface area contributed by atoms with Crippen LogP contribution in [0.5, 0.6) is 0 Å². The van der Waals surface area contributed by atoms with E-state index < -0.39 is 11.9 Å². The first-order chi connectivity index (χ1) is 10.8. The Hall–Kier alpha value is -2.00. The lowest BCUT2D eigenvalue weighted by Gasteiger charge is -2.33. The first-order valence-corrected chi connectivity index (χ1v) is 7.74. The second kappa shape index (κ2) is 7.05. The van der Waals surface area contributed by atoms with Crippen molar-refractivity contribution in [3.8, 4) is 0 Å². The summed E-state index contributed by atoms with van der Waals surface area (Å²) < 4.78 is 26.3. The molecule has 23 heavy (non-hydrogen) atoms. The van der Waals surface area contributed by atoms with E-state index in [4.69, 9.17) is 16.7 Å². The van der Waals surface area contributed by atoms with E-state index in [1.807, 2.05) is 10.3 Å². The molecule has 1 fully saturated rings. The van der Waals surface area contributed by atoms with Gasteiger partial charge in [-0.25, -0.2) is 13.6 Å². The topological polar surface area (TPSA) is 105 Å². The van der Waals surface area contributed by atoms with Crippen molar-refractivity contribution in [2.75, 3.05) is 18.0 Å². The van der Waals surface area contributed by atoms with E-state index in [0.29, 0.717) is 13.1 Å². The van der Waals surface area contributed by atoms with Gasteiger partial charge in [0.1, 0.15) is 5.03 Å². The first kappa shape index (κ1) is 17.4. The number of nitrogens with two attached hydrogens (primary N) is 2. The van der Waals surface area contributed by atoms with Crippen molar-refractivity contribution in [3.63, 3.8) is 0 Å². The molecule has 0 aliphatic carbocycles. The van der Waals surface area contributed by atoms with Gasteiger partial charge >= 0.3 is 5.97 Å². The fraction of sp³-hybridized carbons (Fsp3) is 0.357. The van der Waals surface area contributed by atoms with Gasteiger partial charge in [0.2, 0.25) is 0 Å². The highest BCUT2D eigenvalue weighted by Gasteiger charge is 2.33. The smallest absolute Gasteiger partial charge is 0.356 e. The lowest BCUT2D eigenvalue weighted by atomic mass is 10.1. The van der Waals surface area contributed by atoms with Crippen LogP contribution in [0.2, 0.25) is 0 Å². The van der Waals surface area contributed by atoms with Gasteiger partial charge in [-0.15, -0.1) is 0 Å². The molecular weight excluding hydrogens is 326 g/mol. The predicted octanol–water partition coefficient (Wildman–Crippen LogP) is 1.69. The zero-order chi connectivity index (χ0) is 17.0. The highest BCUT2D eigenvalue weighted by atomic mass is 32.2. The molecule has 1 aromatic rings. The maximum absolute atomic E-state index is 13.2. The monoisotopic (exact) mass is 344 g/mol. The number of hydrogen-bond acceptors (Lipinski definition) is 6. The van der Waals surface area contributed by atoms with Crippen LogP contribution in [-0.2, 0) is 4.79 Å². The van der Waals surface area contributed by atoms with E-state index in [1.54, 1.807) is 24.3 Å². The van der Waals surface area contributed by atoms with E-state index in [1.165, 1.54) is 0 Å². The third-order valence-electron chi connectivity index (χ3n) is 3.53. The van der Waals surface area contributed by atoms with Crippen LogP contribution in [0.15, 0.2) is 39.9 Å². The minimum absolute atomic E-state index is 0.0327. The van der Waals surface area contributed by atoms with Gasteiger partial charge in [-0.1, -0.05) is 11.8 Å². The number of carbonyl (C=O) groups is 1. The van der Waals surface area contributed by atoms with Crippen molar-refractivity contribution >= 4 is 23.4 Å². The van der Waals surface area contributed by atoms with Crippen LogP contribution in [0.25, 0.3) is 0 Å². The normalized spacial score (nSPS) is 18.3. The highest BCUT2D eigenvalue weighted by molar-refractivity contribution is 8.03. The summed E-state index contributed by atoms with van der Waals surface area (Å²) in [5.74, 6) is 1.30. The van der Waals surface area contributed by atoms with Gasteiger partial charge in [-0.3, -0.25) is 5.84 Å². The zero-order valence-electron chi connectivity index (χ0n) is 12.3. The Morgan fingerprint density at radius 3 is 2.30 bits per heavy atom. The molecule has 6 N–H and O–H groups in total. The van der Waals surface area contributed by atoms with Crippen LogP contribution in [0, 0.1) is 0 Å². The summed E-state index contributed by atoms with van der Waals surface area (Å²) in [4.78, 5) is 13.5. The van der Waals surface area contributed by atoms with Crippen LogP contribution in [0.3, 0.4) is 0 Å². The molecule has 0 unspecified atom stereocenters. The minimum atomic E-state index is -2.58. The molecule has 1 aromatic carbocycles. The second-order valence-corrected chi connectivity index (χ2v) is 6.24. The molecule has 0 radical (unpaired) electrons. The standard InChI is InChI=1S/C14H18F2N4O2S/c15-14(16)5-7-20(8-6-14)9-1-3-10(4-2-9)23-12(17)11(19-18)13(21)22/h1-4,19H,5-8,17-18H2,(H,21,22)/b12-11+. The largest absolute Gasteiger partial charge is 0.476 e. The number of carboxylic acid groups (broad SMARTS) is 1. The molecule has 1 aliphatic rings. The maximum atomic E-state index is 13.2. The van der Waals surface area contributed by atoms with Gasteiger partial charge in [-0.05, 0) is 24.3 Å². The third-order valence-corrected chi connectivity index (χ3v) is 4.46. The third kappa shape index (κ3) is 4.49. The summed E-state index contributed by atoms with van der Waals surface area (Å²) in [6.07, 6.45) is -0.299. The number of anilines is 1. The highest BCUT2D eigenvalue weighted by Crippen LogP contribution is 2.32. The number of nitrogens with one attached hydrogen (secondary N) is 1. The lowest BCUT2D eigenvalue weighted by molar-refractivity contribution is -0.133. The quantitative estimate of drug-likeness (QED) is 0.279. The Balaban J connectivity index is 2.04. The van der Waals surface area contributed by atoms with E-state index in [9.17, 15) is 13.6 Å². The summed E-state index contributed by atoms with van der Waals surface area (Å²) in [5.41, 5.74) is 8.31. The molecule has 0 saturated carbocycles. The van der Waals surface area contributed by atoms with Crippen LogP contribution < -0.4 is 21.9 Å². The van der Waals surface area contributed by atoms with Crippen molar-refractivity contribution in [3.05, 3.63) is 35.0 Å². The lowest BCUT2D eigenvalue weighted by Crippen LogP contribution is -2.39. The average Bonchev–Trinajstić information content (AvgIpc) is 2.48. The van der Waals surface area contributed by atoms with Crippen LogP contribution >= 0.6 is 11.8 Å². The van der Waals surface area contributed by atoms with Crippen molar-refractivity contribution in [1.82, 2.24) is 5.43 Å². The molecule has 126 valence electrons. The Morgan fingerprint density at radius 2 is 1.83 bits per heavy atom. The summed E-state index contributed by atoms with van der Waals surface area (Å²) in [6.45, 7) is 0.615. The van der Waals surface area contributed by atoms with E-state index in [2.05, 4.69) is 0 Å². The van der Waals surface area contributed by atoms with E-state index >= 15 is 0 Å². The molecule has 1 saturated heterocycles. The molecule has 6 nitrogen and oxygen atoms in total. The van der Waals surface area contributed by atoms with Gasteiger partial charge in [0.05, 0.1) is 0 Å². The SMILES string of the molecule is NN/C(C(=O)O)=C(\N)Sc1ccc(N2CCC(F)(F)CC2)cc1.